The van der Waals surface area contributed by atoms with Crippen LogP contribution in [-0.4, -0.2) is 11.2 Å². The largest absolute Gasteiger partial charge is 0.260 e. The molecule has 0 saturated carbocycles. The van der Waals surface area contributed by atoms with Gasteiger partial charge in [-0.1, -0.05) is 20.3 Å². The Bertz CT molecular complexity index is 211. The van der Waals surface area contributed by atoms with Gasteiger partial charge in [-0.2, -0.15) is 0 Å². The van der Waals surface area contributed by atoms with Crippen molar-refractivity contribution in [2.24, 2.45) is 0 Å². The highest BCUT2D eigenvalue weighted by molar-refractivity contribution is 7.98. The quantitative estimate of drug-likeness (QED) is 0.618. The van der Waals surface area contributed by atoms with E-state index in [0.29, 0.717) is 0 Å². The minimum absolute atomic E-state index is 1.12. The van der Waals surface area contributed by atoms with Crippen LogP contribution in [-0.2, 0) is 0 Å². The van der Waals surface area contributed by atoms with Gasteiger partial charge in [0.1, 0.15) is 0 Å². The summed E-state index contributed by atoms with van der Waals surface area (Å²) in [6, 6.07) is 4.03. The molecule has 2 heteroatoms. The van der Waals surface area contributed by atoms with Crippen molar-refractivity contribution < 1.29 is 0 Å². The molecule has 0 aliphatic carbocycles. The number of hydrogen-bond acceptors (Lipinski definition) is 2. The van der Waals surface area contributed by atoms with Gasteiger partial charge in [-0.05, 0) is 25.3 Å². The normalized spacial score (nSPS) is 8.67. The van der Waals surface area contributed by atoms with Crippen LogP contribution in [0.4, 0.5) is 0 Å². The van der Waals surface area contributed by atoms with E-state index in [-0.39, 0.29) is 0 Å². The van der Waals surface area contributed by atoms with Crippen molar-refractivity contribution in [1.29, 1.82) is 0 Å². The summed E-state index contributed by atoms with van der Waals surface area (Å²) in [5.41, 5.74) is 1.12. The van der Waals surface area contributed by atoms with Gasteiger partial charge in [-0.3, -0.25) is 4.98 Å². The summed E-state index contributed by atoms with van der Waals surface area (Å²) in [5.74, 6) is 0. The van der Waals surface area contributed by atoms with Gasteiger partial charge < -0.3 is 0 Å². The lowest BCUT2D eigenvalue weighted by atomic mass is 10.4. The third-order valence-corrected chi connectivity index (χ3v) is 2.05. The average Bonchev–Trinajstić information content (AvgIpc) is 2.07. The second kappa shape index (κ2) is 7.17. The van der Waals surface area contributed by atoms with Crippen LogP contribution in [0.1, 0.15) is 26.0 Å². The molecule has 1 heterocycles. The fourth-order valence-electron chi connectivity index (χ4n) is 0.685. The molecule has 0 aliphatic heterocycles. The van der Waals surface area contributed by atoms with Gasteiger partial charge in [-0.25, -0.2) is 0 Å². The molecule has 0 unspecified atom stereocenters. The maximum atomic E-state index is 4.13. The van der Waals surface area contributed by atoms with E-state index < -0.39 is 0 Å². The molecular formula is C10H17NS. The second-order valence-electron chi connectivity index (χ2n) is 2.50. The van der Waals surface area contributed by atoms with Crippen molar-refractivity contribution in [3.05, 3.63) is 24.0 Å². The highest BCUT2D eigenvalue weighted by Gasteiger charge is 1.91. The number of aryl methyl sites for hydroxylation is 1. The van der Waals surface area contributed by atoms with Crippen LogP contribution in [0.15, 0.2) is 23.2 Å². The summed E-state index contributed by atoms with van der Waals surface area (Å²) in [6.45, 7) is 6.27. The summed E-state index contributed by atoms with van der Waals surface area (Å²) in [7, 11) is 0. The molecule has 0 radical (unpaired) electrons. The number of nitrogens with zero attached hydrogens (tertiary/aromatic N) is 1. The van der Waals surface area contributed by atoms with E-state index in [4.69, 9.17) is 0 Å². The first-order chi connectivity index (χ1) is 5.76. The Balaban J connectivity index is 0.000000354. The van der Waals surface area contributed by atoms with Crippen LogP contribution < -0.4 is 0 Å². The number of pyridine rings is 1. The third kappa shape index (κ3) is 4.39. The number of hydrogen-bond donors (Lipinski definition) is 0. The van der Waals surface area contributed by atoms with Gasteiger partial charge in [0.2, 0.25) is 0 Å². The lowest BCUT2D eigenvalue weighted by molar-refractivity contribution is 1.09. The first kappa shape index (κ1) is 11.5. The molecule has 0 saturated heterocycles. The Hall–Kier alpha value is -0.500. The van der Waals surface area contributed by atoms with E-state index in [2.05, 4.69) is 31.2 Å². The maximum Gasteiger partial charge on any atom is 0.0508 e. The van der Waals surface area contributed by atoms with E-state index in [1.165, 1.54) is 11.3 Å². The van der Waals surface area contributed by atoms with E-state index in [0.717, 1.165) is 5.69 Å². The summed E-state index contributed by atoms with van der Waals surface area (Å²) < 4.78 is 0. The Morgan fingerprint density at radius 1 is 1.42 bits per heavy atom. The van der Waals surface area contributed by atoms with Crippen molar-refractivity contribution in [2.45, 2.75) is 32.1 Å². The zero-order chi connectivity index (χ0) is 9.40. The summed E-state index contributed by atoms with van der Waals surface area (Å²) >= 11 is 1.73. The highest BCUT2D eigenvalue weighted by Crippen LogP contribution is 2.15. The molecule has 0 bridgehead atoms. The van der Waals surface area contributed by atoms with Crippen LogP contribution in [0, 0.1) is 6.92 Å². The standard InChI is InChI=1S/C7H9NS.C3H8/c1-6-7(9-2)4-3-5-8-6;1-3-2/h3-5H,1-2H3;3H2,1-2H3. The molecule has 0 spiro atoms. The van der Waals surface area contributed by atoms with E-state index in [1.807, 2.05) is 19.2 Å². The van der Waals surface area contributed by atoms with Crippen molar-refractivity contribution in [1.82, 2.24) is 4.98 Å². The molecule has 1 rings (SSSR count). The van der Waals surface area contributed by atoms with Crippen molar-refractivity contribution in [3.8, 4) is 0 Å². The SMILES string of the molecule is CCC.CSc1cccnc1C. The predicted octanol–water partition coefficient (Wildman–Crippen LogP) is 3.53. The van der Waals surface area contributed by atoms with Crippen LogP contribution in [0.5, 0.6) is 0 Å². The van der Waals surface area contributed by atoms with Gasteiger partial charge in [0.05, 0.1) is 5.69 Å². The Kier molecular flexibility index (Phi) is 6.87. The summed E-state index contributed by atoms with van der Waals surface area (Å²) in [6.07, 6.45) is 5.12. The topological polar surface area (TPSA) is 12.9 Å². The lowest BCUT2D eigenvalue weighted by Crippen LogP contribution is -1.80. The molecule has 68 valence electrons. The zero-order valence-corrected chi connectivity index (χ0v) is 9.11. The molecule has 0 aliphatic rings. The Morgan fingerprint density at radius 2 is 2.00 bits per heavy atom. The number of aromatic nitrogens is 1. The van der Waals surface area contributed by atoms with Crippen molar-refractivity contribution >= 4 is 11.8 Å². The Morgan fingerprint density at radius 3 is 2.33 bits per heavy atom. The molecule has 1 aromatic rings. The van der Waals surface area contributed by atoms with Crippen LogP contribution in [0.25, 0.3) is 0 Å². The summed E-state index contributed by atoms with van der Waals surface area (Å²) in [5, 5.41) is 0. The van der Waals surface area contributed by atoms with Crippen LogP contribution in [0.2, 0.25) is 0 Å². The van der Waals surface area contributed by atoms with Gasteiger partial charge in [0.25, 0.3) is 0 Å². The van der Waals surface area contributed by atoms with Gasteiger partial charge >= 0.3 is 0 Å². The molecule has 0 fully saturated rings. The molecule has 0 aromatic carbocycles. The maximum absolute atomic E-state index is 4.13. The fraction of sp³-hybridized carbons (Fsp3) is 0.500. The van der Waals surface area contributed by atoms with E-state index >= 15 is 0 Å². The Labute approximate surface area is 79.6 Å². The number of thioether (sulfide) groups is 1. The smallest absolute Gasteiger partial charge is 0.0508 e. The van der Waals surface area contributed by atoms with E-state index in [1.54, 1.807) is 11.8 Å². The fourth-order valence-corrected chi connectivity index (χ4v) is 1.25. The highest BCUT2D eigenvalue weighted by atomic mass is 32.2. The second-order valence-corrected chi connectivity index (χ2v) is 3.35. The first-order valence-electron chi connectivity index (χ1n) is 4.21. The molecule has 1 aromatic heterocycles. The molecule has 0 amide bonds. The van der Waals surface area contributed by atoms with Gasteiger partial charge in [-0.15, -0.1) is 11.8 Å². The predicted molar refractivity (Wildman–Crippen MR) is 56.7 cm³/mol. The van der Waals surface area contributed by atoms with Crippen LogP contribution >= 0.6 is 11.8 Å². The monoisotopic (exact) mass is 183 g/mol. The van der Waals surface area contributed by atoms with Crippen molar-refractivity contribution in [2.75, 3.05) is 6.26 Å². The van der Waals surface area contributed by atoms with Gasteiger partial charge in [0.15, 0.2) is 0 Å². The summed E-state index contributed by atoms with van der Waals surface area (Å²) in [4.78, 5) is 5.39. The molecular weight excluding hydrogens is 166 g/mol. The van der Waals surface area contributed by atoms with Crippen molar-refractivity contribution in [3.63, 3.8) is 0 Å². The molecule has 12 heavy (non-hydrogen) atoms. The minimum atomic E-state index is 1.12. The number of rotatable bonds is 1. The average molecular weight is 183 g/mol. The third-order valence-electron chi connectivity index (χ3n) is 1.18. The lowest BCUT2D eigenvalue weighted by Gasteiger charge is -1.96. The van der Waals surface area contributed by atoms with Gasteiger partial charge in [0, 0.05) is 11.1 Å². The molecule has 0 N–H and O–H groups in total. The van der Waals surface area contributed by atoms with E-state index in [9.17, 15) is 0 Å². The molecule has 1 nitrogen and oxygen atoms in total. The van der Waals surface area contributed by atoms with Crippen LogP contribution in [0.3, 0.4) is 0 Å². The zero-order valence-electron chi connectivity index (χ0n) is 8.29. The first-order valence-corrected chi connectivity index (χ1v) is 5.44. The molecule has 0 atom stereocenters. The minimum Gasteiger partial charge on any atom is -0.260 e.